The quantitative estimate of drug-likeness (QED) is 0.639. The number of ether oxygens (including phenoxy) is 2. The number of hydrogen-bond donors (Lipinski definition) is 2. The summed E-state index contributed by atoms with van der Waals surface area (Å²) in [6.07, 6.45) is 3.39. The summed E-state index contributed by atoms with van der Waals surface area (Å²) in [5.41, 5.74) is 0. The van der Waals surface area contributed by atoms with E-state index in [1.54, 1.807) is 0 Å². The molecule has 0 aromatic carbocycles. The fraction of sp³-hybridized carbons (Fsp3) is 1.00. The highest BCUT2D eigenvalue weighted by Crippen LogP contribution is 2.22. The van der Waals surface area contributed by atoms with Gasteiger partial charge in [-0.15, -0.1) is 0 Å². The standard InChI is InChI=1S/C15H31NO3/c1-5-18-15-7-13(8-15)16-9-14(17)10-19-12(4)6-11(2)3/h11-17H,5-10H2,1-4H3. The van der Waals surface area contributed by atoms with E-state index in [9.17, 15) is 5.11 Å². The van der Waals surface area contributed by atoms with Gasteiger partial charge in [-0.25, -0.2) is 0 Å². The predicted molar refractivity (Wildman–Crippen MR) is 77.3 cm³/mol. The van der Waals surface area contributed by atoms with Gasteiger partial charge in [0.05, 0.1) is 24.9 Å². The Kier molecular flexibility index (Phi) is 7.91. The van der Waals surface area contributed by atoms with Gasteiger partial charge in [0.15, 0.2) is 0 Å². The summed E-state index contributed by atoms with van der Waals surface area (Å²) < 4.78 is 11.1. The first-order valence-electron chi connectivity index (χ1n) is 7.65. The van der Waals surface area contributed by atoms with Crippen molar-refractivity contribution in [2.75, 3.05) is 19.8 Å². The smallest absolute Gasteiger partial charge is 0.0897 e. The Morgan fingerprint density at radius 2 is 1.95 bits per heavy atom. The van der Waals surface area contributed by atoms with Crippen LogP contribution in [0.15, 0.2) is 0 Å². The number of hydrogen-bond acceptors (Lipinski definition) is 4. The van der Waals surface area contributed by atoms with Crippen LogP contribution in [0.3, 0.4) is 0 Å². The van der Waals surface area contributed by atoms with Gasteiger partial charge in [-0.2, -0.15) is 0 Å². The van der Waals surface area contributed by atoms with E-state index in [0.717, 1.165) is 25.9 Å². The molecule has 1 saturated carbocycles. The molecule has 1 aliphatic rings. The number of rotatable bonds is 10. The van der Waals surface area contributed by atoms with Crippen molar-refractivity contribution in [3.8, 4) is 0 Å². The highest BCUT2D eigenvalue weighted by atomic mass is 16.5. The van der Waals surface area contributed by atoms with Crippen LogP contribution in [0.2, 0.25) is 0 Å². The number of nitrogens with one attached hydrogen (secondary N) is 1. The molecule has 0 radical (unpaired) electrons. The highest BCUT2D eigenvalue weighted by Gasteiger charge is 2.29. The maximum Gasteiger partial charge on any atom is 0.0897 e. The van der Waals surface area contributed by atoms with Crippen LogP contribution in [-0.2, 0) is 9.47 Å². The van der Waals surface area contributed by atoms with E-state index in [1.165, 1.54) is 0 Å². The van der Waals surface area contributed by atoms with Crippen LogP contribution in [0.4, 0.5) is 0 Å². The molecular formula is C15H31NO3. The molecule has 114 valence electrons. The van der Waals surface area contributed by atoms with E-state index in [0.29, 0.717) is 31.2 Å². The van der Waals surface area contributed by atoms with Crippen LogP contribution in [0.1, 0.15) is 47.0 Å². The molecule has 0 amide bonds. The molecule has 2 atom stereocenters. The van der Waals surface area contributed by atoms with Crippen molar-refractivity contribution in [1.29, 1.82) is 0 Å². The molecule has 1 fully saturated rings. The normalized spacial score (nSPS) is 26.2. The van der Waals surface area contributed by atoms with Gasteiger partial charge in [0.2, 0.25) is 0 Å². The lowest BCUT2D eigenvalue weighted by Crippen LogP contribution is -2.48. The van der Waals surface area contributed by atoms with Gasteiger partial charge >= 0.3 is 0 Å². The lowest BCUT2D eigenvalue weighted by Gasteiger charge is -2.36. The molecule has 4 nitrogen and oxygen atoms in total. The lowest BCUT2D eigenvalue weighted by atomic mass is 9.89. The monoisotopic (exact) mass is 273 g/mol. The minimum Gasteiger partial charge on any atom is -0.389 e. The van der Waals surface area contributed by atoms with E-state index >= 15 is 0 Å². The molecule has 1 aliphatic carbocycles. The fourth-order valence-electron chi connectivity index (χ4n) is 2.47. The van der Waals surface area contributed by atoms with E-state index in [2.05, 4.69) is 26.1 Å². The SMILES string of the molecule is CCOC1CC(NCC(O)COC(C)CC(C)C)C1. The Morgan fingerprint density at radius 1 is 1.26 bits per heavy atom. The van der Waals surface area contributed by atoms with Crippen molar-refractivity contribution in [3.05, 3.63) is 0 Å². The van der Waals surface area contributed by atoms with Crippen LogP contribution >= 0.6 is 0 Å². The third kappa shape index (κ3) is 7.25. The van der Waals surface area contributed by atoms with Gasteiger partial charge in [0, 0.05) is 19.2 Å². The van der Waals surface area contributed by atoms with Crippen molar-refractivity contribution in [2.45, 2.75) is 71.3 Å². The van der Waals surface area contributed by atoms with Gasteiger partial charge in [-0.1, -0.05) is 13.8 Å². The Balaban J connectivity index is 1.98. The first-order chi connectivity index (χ1) is 9.01. The molecular weight excluding hydrogens is 242 g/mol. The minimum absolute atomic E-state index is 0.223. The fourth-order valence-corrected chi connectivity index (χ4v) is 2.47. The van der Waals surface area contributed by atoms with E-state index in [-0.39, 0.29) is 6.10 Å². The largest absolute Gasteiger partial charge is 0.389 e. The molecule has 1 rings (SSSR count). The average Bonchev–Trinajstić information content (AvgIpc) is 2.28. The summed E-state index contributed by atoms with van der Waals surface area (Å²) in [5.74, 6) is 0.635. The van der Waals surface area contributed by atoms with Crippen LogP contribution in [0.5, 0.6) is 0 Å². The Bertz CT molecular complexity index is 229. The summed E-state index contributed by atoms with van der Waals surface area (Å²) in [6, 6.07) is 0.499. The molecule has 0 aromatic heterocycles. The second-order valence-electron chi connectivity index (χ2n) is 6.08. The Labute approximate surface area is 117 Å². The van der Waals surface area contributed by atoms with Crippen LogP contribution in [0.25, 0.3) is 0 Å². The molecule has 0 spiro atoms. The van der Waals surface area contributed by atoms with Crippen LogP contribution in [-0.4, -0.2) is 49.2 Å². The Morgan fingerprint density at radius 3 is 2.53 bits per heavy atom. The summed E-state index contributed by atoms with van der Waals surface area (Å²) in [4.78, 5) is 0. The first-order valence-corrected chi connectivity index (χ1v) is 7.65. The molecule has 2 N–H and O–H groups in total. The second kappa shape index (κ2) is 8.90. The highest BCUT2D eigenvalue weighted by molar-refractivity contribution is 4.86. The predicted octanol–water partition coefficient (Wildman–Crippen LogP) is 1.96. The van der Waals surface area contributed by atoms with E-state index in [4.69, 9.17) is 9.47 Å². The van der Waals surface area contributed by atoms with E-state index < -0.39 is 6.10 Å². The molecule has 0 saturated heterocycles. The molecule has 2 unspecified atom stereocenters. The summed E-state index contributed by atoms with van der Waals surface area (Å²) in [7, 11) is 0. The van der Waals surface area contributed by atoms with Gasteiger partial charge in [-0.3, -0.25) is 0 Å². The van der Waals surface area contributed by atoms with Crippen molar-refractivity contribution < 1.29 is 14.6 Å². The van der Waals surface area contributed by atoms with E-state index in [1.807, 2.05) is 6.92 Å². The van der Waals surface area contributed by atoms with Gasteiger partial charge in [0.25, 0.3) is 0 Å². The number of aliphatic hydroxyl groups is 1. The third-order valence-electron chi connectivity index (χ3n) is 3.52. The summed E-state index contributed by atoms with van der Waals surface area (Å²) in [5, 5.41) is 13.2. The first kappa shape index (κ1) is 16.9. The zero-order valence-corrected chi connectivity index (χ0v) is 12.9. The van der Waals surface area contributed by atoms with Crippen LogP contribution in [0, 0.1) is 5.92 Å². The maximum atomic E-state index is 9.85. The van der Waals surface area contributed by atoms with Gasteiger partial charge in [-0.05, 0) is 39.0 Å². The van der Waals surface area contributed by atoms with Crippen molar-refractivity contribution >= 4 is 0 Å². The van der Waals surface area contributed by atoms with Crippen molar-refractivity contribution in [2.24, 2.45) is 5.92 Å². The summed E-state index contributed by atoms with van der Waals surface area (Å²) >= 11 is 0. The average molecular weight is 273 g/mol. The molecule has 0 heterocycles. The zero-order valence-electron chi connectivity index (χ0n) is 12.9. The maximum absolute atomic E-state index is 9.85. The third-order valence-corrected chi connectivity index (χ3v) is 3.52. The zero-order chi connectivity index (χ0) is 14.3. The molecule has 19 heavy (non-hydrogen) atoms. The lowest BCUT2D eigenvalue weighted by molar-refractivity contribution is -0.0252. The Hall–Kier alpha value is -0.160. The summed E-state index contributed by atoms with van der Waals surface area (Å²) in [6.45, 7) is 10.3. The van der Waals surface area contributed by atoms with Gasteiger partial charge < -0.3 is 19.9 Å². The molecule has 0 aliphatic heterocycles. The minimum atomic E-state index is -0.416. The van der Waals surface area contributed by atoms with Crippen LogP contribution < -0.4 is 5.32 Å². The molecule has 0 aromatic rings. The topological polar surface area (TPSA) is 50.7 Å². The van der Waals surface area contributed by atoms with Gasteiger partial charge in [0.1, 0.15) is 0 Å². The van der Waals surface area contributed by atoms with Crippen molar-refractivity contribution in [1.82, 2.24) is 5.32 Å². The number of aliphatic hydroxyl groups excluding tert-OH is 1. The van der Waals surface area contributed by atoms with Crippen molar-refractivity contribution in [3.63, 3.8) is 0 Å². The second-order valence-corrected chi connectivity index (χ2v) is 6.08. The molecule has 0 bridgehead atoms. The molecule has 4 heteroatoms.